The van der Waals surface area contributed by atoms with Crippen LogP contribution in [-0.4, -0.2) is 37.2 Å². The van der Waals surface area contributed by atoms with Crippen molar-refractivity contribution in [3.8, 4) is 11.3 Å². The van der Waals surface area contributed by atoms with Crippen LogP contribution in [0.25, 0.3) is 11.3 Å². The summed E-state index contributed by atoms with van der Waals surface area (Å²) in [4.78, 5) is 36.3. The molecule has 0 saturated heterocycles. The van der Waals surface area contributed by atoms with Crippen molar-refractivity contribution >= 4 is 56.8 Å². The molecule has 1 amide bonds. The molecule has 3 rings (SSSR count). The van der Waals surface area contributed by atoms with Crippen LogP contribution in [0.2, 0.25) is 0 Å². The van der Waals surface area contributed by atoms with Crippen LogP contribution in [0.4, 0.5) is 5.69 Å². The van der Waals surface area contributed by atoms with Crippen LogP contribution >= 0.6 is 28.1 Å². The van der Waals surface area contributed by atoms with Crippen LogP contribution in [0, 0.1) is 0 Å². The summed E-state index contributed by atoms with van der Waals surface area (Å²) < 4.78 is 15.9. The topological polar surface area (TPSA) is 107 Å². The fourth-order valence-corrected chi connectivity index (χ4v) is 3.20. The first-order chi connectivity index (χ1) is 15.3. The summed E-state index contributed by atoms with van der Waals surface area (Å²) in [6, 6.07) is 14.8. The number of methoxy groups -OCH3 is 2. The molecule has 2 N–H and O–H groups in total. The maximum Gasteiger partial charge on any atom is 0.337 e. The standard InChI is InChI=1S/C22H17BrN2O6S/c1-29-20(27)13-9-14(21(28)30-2)11-16(10-13)24-22(32)25-19(26)18-8-7-17(31-18)12-3-5-15(23)6-4-12/h3-11H,1-2H3,(H2,24,25,26,32). The maximum atomic E-state index is 12.5. The number of anilines is 1. The number of carbonyl (C=O) groups is 3. The molecule has 164 valence electrons. The van der Waals surface area contributed by atoms with Gasteiger partial charge < -0.3 is 19.2 Å². The number of benzene rings is 2. The highest BCUT2D eigenvalue weighted by molar-refractivity contribution is 9.10. The summed E-state index contributed by atoms with van der Waals surface area (Å²) in [5.41, 5.74) is 1.31. The number of ether oxygens (including phenoxy) is 2. The summed E-state index contributed by atoms with van der Waals surface area (Å²) in [5, 5.41) is 5.19. The average Bonchev–Trinajstić information content (AvgIpc) is 3.28. The number of furan rings is 1. The average molecular weight is 517 g/mol. The van der Waals surface area contributed by atoms with Crippen molar-refractivity contribution in [1.82, 2.24) is 5.32 Å². The summed E-state index contributed by atoms with van der Waals surface area (Å²) in [5.74, 6) is -1.28. The van der Waals surface area contributed by atoms with Gasteiger partial charge in [-0.3, -0.25) is 10.1 Å². The Balaban J connectivity index is 1.72. The van der Waals surface area contributed by atoms with Gasteiger partial charge in [-0.15, -0.1) is 0 Å². The first kappa shape index (κ1) is 23.2. The number of esters is 2. The van der Waals surface area contributed by atoms with E-state index in [1.165, 1.54) is 38.5 Å². The van der Waals surface area contributed by atoms with E-state index in [2.05, 4.69) is 26.6 Å². The van der Waals surface area contributed by atoms with Gasteiger partial charge in [-0.2, -0.15) is 0 Å². The predicted molar refractivity (Wildman–Crippen MR) is 125 cm³/mol. The molecule has 1 aromatic heterocycles. The third-order valence-corrected chi connectivity index (χ3v) is 4.95. The SMILES string of the molecule is COC(=O)c1cc(NC(=S)NC(=O)c2ccc(-c3ccc(Br)cc3)o2)cc(C(=O)OC)c1. The highest BCUT2D eigenvalue weighted by atomic mass is 79.9. The molecule has 0 saturated carbocycles. The Bertz CT molecular complexity index is 1160. The minimum absolute atomic E-state index is 0.0607. The Morgan fingerprint density at radius 2 is 1.50 bits per heavy atom. The Kier molecular flexibility index (Phi) is 7.39. The van der Waals surface area contributed by atoms with Crippen LogP contribution in [-0.2, 0) is 9.47 Å². The molecule has 0 aliphatic carbocycles. The first-order valence-corrected chi connectivity index (χ1v) is 10.3. The smallest absolute Gasteiger partial charge is 0.337 e. The van der Waals surface area contributed by atoms with Gasteiger partial charge in [0.05, 0.1) is 25.3 Å². The zero-order valence-corrected chi connectivity index (χ0v) is 19.3. The number of halogens is 1. The quantitative estimate of drug-likeness (QED) is 0.379. The van der Waals surface area contributed by atoms with Crippen LogP contribution < -0.4 is 10.6 Å². The van der Waals surface area contributed by atoms with E-state index in [9.17, 15) is 14.4 Å². The van der Waals surface area contributed by atoms with Crippen molar-refractivity contribution in [2.45, 2.75) is 0 Å². The molecule has 0 unspecified atom stereocenters. The van der Waals surface area contributed by atoms with E-state index in [1.54, 1.807) is 6.07 Å². The first-order valence-electron chi connectivity index (χ1n) is 9.10. The fourth-order valence-electron chi connectivity index (χ4n) is 2.73. The van der Waals surface area contributed by atoms with Crippen LogP contribution in [0.15, 0.2) is 63.5 Å². The van der Waals surface area contributed by atoms with Gasteiger partial charge in [0, 0.05) is 15.7 Å². The Morgan fingerprint density at radius 1 is 0.906 bits per heavy atom. The van der Waals surface area contributed by atoms with Gasteiger partial charge >= 0.3 is 11.9 Å². The summed E-state index contributed by atoms with van der Waals surface area (Å²) in [7, 11) is 2.44. The van der Waals surface area contributed by atoms with Crippen LogP contribution in [0.5, 0.6) is 0 Å². The van der Waals surface area contributed by atoms with Crippen molar-refractivity contribution in [2.75, 3.05) is 19.5 Å². The molecular formula is C22H17BrN2O6S. The van der Waals surface area contributed by atoms with Crippen molar-refractivity contribution < 1.29 is 28.3 Å². The van der Waals surface area contributed by atoms with E-state index >= 15 is 0 Å². The van der Waals surface area contributed by atoms with Gasteiger partial charge in [-0.1, -0.05) is 28.1 Å². The number of hydrogen-bond donors (Lipinski definition) is 2. The highest BCUT2D eigenvalue weighted by Gasteiger charge is 2.17. The summed E-state index contributed by atoms with van der Waals surface area (Å²) in [6.45, 7) is 0. The lowest BCUT2D eigenvalue weighted by Gasteiger charge is -2.11. The molecule has 0 bridgehead atoms. The zero-order valence-electron chi connectivity index (χ0n) is 16.9. The molecule has 0 aliphatic rings. The Morgan fingerprint density at radius 3 is 2.06 bits per heavy atom. The predicted octanol–water partition coefficient (Wildman–Crippen LogP) is 4.41. The minimum atomic E-state index is -0.648. The van der Waals surface area contributed by atoms with Crippen molar-refractivity contribution in [3.63, 3.8) is 0 Å². The molecule has 0 aliphatic heterocycles. The number of carbonyl (C=O) groups excluding carboxylic acids is 3. The molecule has 0 atom stereocenters. The number of hydrogen-bond acceptors (Lipinski definition) is 7. The summed E-state index contributed by atoms with van der Waals surface area (Å²) in [6.07, 6.45) is 0. The van der Waals surface area contributed by atoms with Gasteiger partial charge in [0.1, 0.15) is 5.76 Å². The van der Waals surface area contributed by atoms with Gasteiger partial charge in [-0.25, -0.2) is 9.59 Å². The third kappa shape index (κ3) is 5.59. The second-order valence-electron chi connectivity index (χ2n) is 6.36. The lowest BCUT2D eigenvalue weighted by atomic mass is 10.1. The van der Waals surface area contributed by atoms with Crippen molar-refractivity contribution in [2.24, 2.45) is 0 Å². The van der Waals surface area contributed by atoms with Gasteiger partial charge in [-0.05, 0) is 54.7 Å². The van der Waals surface area contributed by atoms with E-state index in [1.807, 2.05) is 24.3 Å². The van der Waals surface area contributed by atoms with E-state index in [4.69, 9.17) is 26.1 Å². The van der Waals surface area contributed by atoms with Crippen LogP contribution in [0.1, 0.15) is 31.3 Å². The number of thiocarbonyl (C=S) groups is 1. The van der Waals surface area contributed by atoms with Crippen molar-refractivity contribution in [1.29, 1.82) is 0 Å². The maximum absolute atomic E-state index is 12.5. The number of amides is 1. The molecule has 8 nitrogen and oxygen atoms in total. The molecule has 1 heterocycles. The second-order valence-corrected chi connectivity index (χ2v) is 7.69. The monoisotopic (exact) mass is 516 g/mol. The summed E-state index contributed by atoms with van der Waals surface area (Å²) >= 11 is 8.55. The van der Waals surface area contributed by atoms with Gasteiger partial charge in [0.25, 0.3) is 5.91 Å². The molecule has 2 aromatic carbocycles. The minimum Gasteiger partial charge on any atom is -0.465 e. The number of nitrogens with one attached hydrogen (secondary N) is 2. The number of rotatable bonds is 5. The van der Waals surface area contributed by atoms with E-state index in [0.717, 1.165) is 10.0 Å². The molecule has 32 heavy (non-hydrogen) atoms. The van der Waals surface area contributed by atoms with E-state index in [0.29, 0.717) is 5.76 Å². The van der Waals surface area contributed by atoms with E-state index in [-0.39, 0.29) is 27.7 Å². The molecule has 0 spiro atoms. The molecule has 0 radical (unpaired) electrons. The molecule has 0 fully saturated rings. The lowest BCUT2D eigenvalue weighted by molar-refractivity contribution is 0.0599. The molecular weight excluding hydrogens is 500 g/mol. The van der Waals surface area contributed by atoms with Crippen LogP contribution in [0.3, 0.4) is 0 Å². The third-order valence-electron chi connectivity index (χ3n) is 4.22. The molecule has 3 aromatic rings. The Labute approximate surface area is 197 Å². The molecule has 10 heteroatoms. The Hall–Kier alpha value is -3.50. The largest absolute Gasteiger partial charge is 0.465 e. The van der Waals surface area contributed by atoms with E-state index < -0.39 is 17.8 Å². The zero-order chi connectivity index (χ0) is 23.3. The normalized spacial score (nSPS) is 10.2. The lowest BCUT2D eigenvalue weighted by Crippen LogP contribution is -2.34. The second kappa shape index (κ2) is 10.2. The highest BCUT2D eigenvalue weighted by Crippen LogP contribution is 2.24. The van der Waals surface area contributed by atoms with Crippen molar-refractivity contribution in [3.05, 3.63) is 76.0 Å². The van der Waals surface area contributed by atoms with Gasteiger partial charge in [0.15, 0.2) is 10.9 Å². The fraction of sp³-hybridized carbons (Fsp3) is 0.0909. The van der Waals surface area contributed by atoms with Gasteiger partial charge in [0.2, 0.25) is 0 Å².